The summed E-state index contributed by atoms with van der Waals surface area (Å²) in [4.78, 5) is 14.5. The minimum Gasteiger partial charge on any atom is -0.377 e. The fourth-order valence-corrected chi connectivity index (χ4v) is 3.93. The van der Waals surface area contributed by atoms with Gasteiger partial charge in [0.15, 0.2) is 0 Å². The fourth-order valence-electron chi connectivity index (χ4n) is 2.82. The lowest BCUT2D eigenvalue weighted by atomic mass is 10.2. The molecule has 1 aliphatic heterocycles. The molecular weight excluding hydrogens is 340 g/mol. The van der Waals surface area contributed by atoms with E-state index in [1.54, 1.807) is 17.0 Å². The molecule has 0 aromatic heterocycles. The Morgan fingerprint density at radius 1 is 1.36 bits per heavy atom. The summed E-state index contributed by atoms with van der Waals surface area (Å²) in [6, 6.07) is 6.24. The van der Waals surface area contributed by atoms with Crippen molar-refractivity contribution in [2.24, 2.45) is 0 Å². The van der Waals surface area contributed by atoms with E-state index in [9.17, 15) is 13.2 Å². The molecule has 0 radical (unpaired) electrons. The van der Waals surface area contributed by atoms with Crippen molar-refractivity contribution in [2.75, 3.05) is 26.2 Å². The number of hydrogen-bond donors (Lipinski definition) is 1. The minimum atomic E-state index is -3.65. The van der Waals surface area contributed by atoms with Crippen LogP contribution in [0.1, 0.15) is 49.9 Å². The third-order valence-electron chi connectivity index (χ3n) is 4.37. The second-order valence-electron chi connectivity index (χ2n) is 6.25. The first-order valence-corrected chi connectivity index (χ1v) is 10.5. The monoisotopic (exact) mass is 368 g/mol. The third kappa shape index (κ3) is 5.52. The van der Waals surface area contributed by atoms with Gasteiger partial charge in [0.05, 0.1) is 11.0 Å². The van der Waals surface area contributed by atoms with E-state index in [1.165, 1.54) is 12.1 Å². The number of nitrogens with one attached hydrogen (secondary N) is 1. The molecule has 6 nitrogen and oxygen atoms in total. The van der Waals surface area contributed by atoms with Gasteiger partial charge in [0.2, 0.25) is 10.0 Å². The second kappa shape index (κ2) is 9.31. The van der Waals surface area contributed by atoms with Gasteiger partial charge >= 0.3 is 0 Å². The molecule has 140 valence electrons. The third-order valence-corrected chi connectivity index (χ3v) is 5.79. The largest absolute Gasteiger partial charge is 0.377 e. The van der Waals surface area contributed by atoms with Gasteiger partial charge in [-0.25, -0.2) is 13.1 Å². The first-order chi connectivity index (χ1) is 12.0. The zero-order valence-electron chi connectivity index (χ0n) is 15.0. The van der Waals surface area contributed by atoms with E-state index in [0.717, 1.165) is 25.7 Å². The lowest BCUT2D eigenvalue weighted by Crippen LogP contribution is -2.33. The molecule has 1 heterocycles. The summed E-state index contributed by atoms with van der Waals surface area (Å²) in [6.45, 7) is 6.23. The van der Waals surface area contributed by atoms with E-state index < -0.39 is 10.0 Å². The zero-order valence-corrected chi connectivity index (χ0v) is 15.8. The number of nitrogens with zero attached hydrogens (tertiary/aromatic N) is 1. The van der Waals surface area contributed by atoms with Crippen LogP contribution in [0, 0.1) is 0 Å². The van der Waals surface area contributed by atoms with Gasteiger partial charge in [-0.2, -0.15) is 0 Å². The van der Waals surface area contributed by atoms with Crippen molar-refractivity contribution in [1.82, 2.24) is 9.62 Å². The molecule has 1 N–H and O–H groups in total. The first kappa shape index (κ1) is 19.9. The maximum atomic E-state index is 12.6. The van der Waals surface area contributed by atoms with Crippen molar-refractivity contribution >= 4 is 15.9 Å². The van der Waals surface area contributed by atoms with Crippen molar-refractivity contribution in [3.8, 4) is 0 Å². The summed E-state index contributed by atoms with van der Waals surface area (Å²) in [7, 11) is -3.65. The van der Waals surface area contributed by atoms with Crippen molar-refractivity contribution < 1.29 is 17.9 Å². The van der Waals surface area contributed by atoms with Crippen molar-refractivity contribution in [3.63, 3.8) is 0 Å². The van der Waals surface area contributed by atoms with Crippen molar-refractivity contribution in [1.29, 1.82) is 0 Å². The lowest BCUT2D eigenvalue weighted by Gasteiger charge is -2.21. The molecule has 1 aliphatic rings. The molecular formula is C18H28N2O4S. The van der Waals surface area contributed by atoms with Gasteiger partial charge in [0.25, 0.3) is 5.91 Å². The quantitative estimate of drug-likeness (QED) is 0.726. The molecule has 1 saturated heterocycles. The molecule has 1 aromatic carbocycles. The minimum absolute atomic E-state index is 0.0655. The van der Waals surface area contributed by atoms with Crippen LogP contribution in [0.4, 0.5) is 0 Å². The van der Waals surface area contributed by atoms with Crippen LogP contribution in [0.15, 0.2) is 29.2 Å². The summed E-state index contributed by atoms with van der Waals surface area (Å²) >= 11 is 0. The van der Waals surface area contributed by atoms with E-state index in [2.05, 4.69) is 11.6 Å². The Kier molecular flexibility index (Phi) is 7.40. The van der Waals surface area contributed by atoms with Gasteiger partial charge in [-0.3, -0.25) is 4.79 Å². The standard InChI is InChI=1S/C18H28N2O4S/c1-3-5-11-20(4-2)18(21)15-8-6-10-17(13-15)25(22,23)19-14-16-9-7-12-24-16/h6,8,10,13,16,19H,3-5,7,9,11-12,14H2,1-2H3. The highest BCUT2D eigenvalue weighted by molar-refractivity contribution is 7.89. The number of ether oxygens (including phenoxy) is 1. The van der Waals surface area contributed by atoms with Crippen molar-refractivity contribution in [3.05, 3.63) is 29.8 Å². The Morgan fingerprint density at radius 2 is 2.16 bits per heavy atom. The van der Waals surface area contributed by atoms with Gasteiger partial charge in [-0.15, -0.1) is 0 Å². The van der Waals surface area contributed by atoms with E-state index in [1.807, 2.05) is 6.92 Å². The van der Waals surface area contributed by atoms with E-state index in [4.69, 9.17) is 4.74 Å². The summed E-state index contributed by atoms with van der Waals surface area (Å²) in [6.07, 6.45) is 3.70. The van der Waals surface area contributed by atoms with Crippen LogP contribution in [0.5, 0.6) is 0 Å². The van der Waals surface area contributed by atoms with Crippen LogP contribution in [0.2, 0.25) is 0 Å². The maximum Gasteiger partial charge on any atom is 0.253 e. The van der Waals surface area contributed by atoms with E-state index >= 15 is 0 Å². The molecule has 1 aromatic rings. The Bertz CT molecular complexity index is 669. The molecule has 1 amide bonds. The SMILES string of the molecule is CCCCN(CC)C(=O)c1cccc(S(=O)(=O)NCC2CCCO2)c1. The zero-order chi connectivity index (χ0) is 18.3. The van der Waals surface area contributed by atoms with Crippen LogP contribution in [-0.2, 0) is 14.8 Å². The Balaban J connectivity index is 2.09. The van der Waals surface area contributed by atoms with Crippen LogP contribution in [0.3, 0.4) is 0 Å². The molecule has 1 fully saturated rings. The number of rotatable bonds is 9. The van der Waals surface area contributed by atoms with Crippen molar-refractivity contribution in [2.45, 2.75) is 50.5 Å². The van der Waals surface area contributed by atoms with Gasteiger partial charge in [0, 0.05) is 31.8 Å². The topological polar surface area (TPSA) is 75.7 Å². The van der Waals surface area contributed by atoms with E-state index in [-0.39, 0.29) is 23.5 Å². The smallest absolute Gasteiger partial charge is 0.253 e. The number of unbranched alkanes of at least 4 members (excludes halogenated alkanes) is 1. The number of sulfonamides is 1. The van der Waals surface area contributed by atoms with Crippen LogP contribution in [0.25, 0.3) is 0 Å². The van der Waals surface area contributed by atoms with Crippen LogP contribution in [-0.4, -0.2) is 51.6 Å². The van der Waals surface area contributed by atoms with Gasteiger partial charge in [-0.1, -0.05) is 19.4 Å². The van der Waals surface area contributed by atoms with E-state index in [0.29, 0.717) is 25.3 Å². The summed E-state index contributed by atoms with van der Waals surface area (Å²) in [5.74, 6) is -0.132. The highest BCUT2D eigenvalue weighted by Crippen LogP contribution is 2.16. The molecule has 0 aliphatic carbocycles. The molecule has 0 bridgehead atoms. The summed E-state index contributed by atoms with van der Waals surface area (Å²) < 4.78 is 33.0. The van der Waals surface area contributed by atoms with Crippen LogP contribution >= 0.6 is 0 Å². The molecule has 1 unspecified atom stereocenters. The van der Waals surface area contributed by atoms with Gasteiger partial charge < -0.3 is 9.64 Å². The lowest BCUT2D eigenvalue weighted by molar-refractivity contribution is 0.0762. The number of carbonyl (C=O) groups is 1. The highest BCUT2D eigenvalue weighted by atomic mass is 32.2. The molecule has 2 rings (SSSR count). The predicted molar refractivity (Wildman–Crippen MR) is 97.1 cm³/mol. The maximum absolute atomic E-state index is 12.6. The Hall–Kier alpha value is -1.44. The fraction of sp³-hybridized carbons (Fsp3) is 0.611. The number of hydrogen-bond acceptors (Lipinski definition) is 4. The summed E-state index contributed by atoms with van der Waals surface area (Å²) in [5.41, 5.74) is 0.401. The Morgan fingerprint density at radius 3 is 2.80 bits per heavy atom. The van der Waals surface area contributed by atoms with Crippen LogP contribution < -0.4 is 4.72 Å². The Labute approximate surface area is 150 Å². The molecule has 25 heavy (non-hydrogen) atoms. The van der Waals surface area contributed by atoms with Gasteiger partial charge in [-0.05, 0) is 44.4 Å². The number of amides is 1. The highest BCUT2D eigenvalue weighted by Gasteiger charge is 2.22. The normalized spacial score (nSPS) is 17.6. The second-order valence-corrected chi connectivity index (χ2v) is 8.02. The molecule has 0 spiro atoms. The average Bonchev–Trinajstić information content (AvgIpc) is 3.14. The van der Waals surface area contributed by atoms with Gasteiger partial charge in [0.1, 0.15) is 0 Å². The predicted octanol–water partition coefficient (Wildman–Crippen LogP) is 2.41. The molecule has 7 heteroatoms. The molecule has 1 atom stereocenters. The number of benzene rings is 1. The number of carbonyl (C=O) groups excluding carboxylic acids is 1. The summed E-state index contributed by atoms with van der Waals surface area (Å²) in [5, 5.41) is 0. The first-order valence-electron chi connectivity index (χ1n) is 8.98. The molecule has 0 saturated carbocycles. The average molecular weight is 368 g/mol.